The highest BCUT2D eigenvalue weighted by Gasteiger charge is 2.09. The zero-order valence-corrected chi connectivity index (χ0v) is 12.0. The normalized spacial score (nSPS) is 11.6. The maximum atomic E-state index is 13.7. The molecule has 0 spiro atoms. The lowest BCUT2D eigenvalue weighted by Gasteiger charge is -2.16. The lowest BCUT2D eigenvalue weighted by molar-refractivity contribution is 0.254. The van der Waals surface area contributed by atoms with E-state index in [1.165, 1.54) is 6.07 Å². The molecule has 110 valence electrons. The van der Waals surface area contributed by atoms with Crippen molar-refractivity contribution in [3.8, 4) is 0 Å². The molecule has 0 heterocycles. The number of benzene rings is 2. The molecule has 3 N–H and O–H groups in total. The quantitative estimate of drug-likeness (QED) is 0.802. The molecule has 1 atom stereocenters. The Morgan fingerprint density at radius 3 is 2.29 bits per heavy atom. The molecule has 2 aromatic carbocycles. The van der Waals surface area contributed by atoms with Crippen LogP contribution in [0.3, 0.4) is 0 Å². The fourth-order valence-electron chi connectivity index (χ4n) is 2.00. The van der Waals surface area contributed by atoms with E-state index in [4.69, 9.17) is 0 Å². The summed E-state index contributed by atoms with van der Waals surface area (Å²) in [4.78, 5) is 11.2. The summed E-state index contributed by atoms with van der Waals surface area (Å²) in [6, 6.07) is 13.5. The summed E-state index contributed by atoms with van der Waals surface area (Å²) < 4.78 is 13.7. The number of amides is 2. The Labute approximate surface area is 123 Å². The molecule has 0 bridgehead atoms. The van der Waals surface area contributed by atoms with E-state index < -0.39 is 0 Å². The third-order valence-electron chi connectivity index (χ3n) is 3.12. The minimum Gasteiger partial charge on any atom is -0.378 e. The third-order valence-corrected chi connectivity index (χ3v) is 3.12. The molecule has 2 aromatic rings. The van der Waals surface area contributed by atoms with Crippen molar-refractivity contribution < 1.29 is 9.18 Å². The fraction of sp³-hybridized carbons (Fsp3) is 0.188. The monoisotopic (exact) mass is 287 g/mol. The van der Waals surface area contributed by atoms with Gasteiger partial charge >= 0.3 is 6.03 Å². The molecule has 0 fully saturated rings. The topological polar surface area (TPSA) is 53.2 Å². The highest BCUT2D eigenvalue weighted by atomic mass is 19.1. The third kappa shape index (κ3) is 3.95. The Balaban J connectivity index is 2.03. The van der Waals surface area contributed by atoms with Gasteiger partial charge in [-0.1, -0.05) is 18.2 Å². The maximum absolute atomic E-state index is 13.7. The van der Waals surface area contributed by atoms with Crippen molar-refractivity contribution in [1.82, 2.24) is 5.32 Å². The number of anilines is 2. The van der Waals surface area contributed by atoms with Crippen molar-refractivity contribution >= 4 is 17.4 Å². The zero-order valence-electron chi connectivity index (χ0n) is 12.0. The number of carbonyl (C=O) groups excluding carboxylic acids is 1. The number of nitrogens with one attached hydrogen (secondary N) is 3. The highest BCUT2D eigenvalue weighted by Crippen LogP contribution is 2.22. The van der Waals surface area contributed by atoms with E-state index in [1.807, 2.05) is 25.1 Å². The van der Waals surface area contributed by atoms with E-state index >= 15 is 0 Å². The van der Waals surface area contributed by atoms with Gasteiger partial charge in [0.15, 0.2) is 0 Å². The average molecular weight is 287 g/mol. The molecule has 0 aliphatic heterocycles. The van der Waals surface area contributed by atoms with Gasteiger partial charge in [0.2, 0.25) is 0 Å². The average Bonchev–Trinajstić information content (AvgIpc) is 2.49. The number of halogens is 1. The van der Waals surface area contributed by atoms with Gasteiger partial charge in [-0.3, -0.25) is 0 Å². The van der Waals surface area contributed by atoms with Crippen molar-refractivity contribution in [3.63, 3.8) is 0 Å². The smallest absolute Gasteiger partial charge is 0.318 e. The predicted octanol–water partition coefficient (Wildman–Crippen LogP) is 3.75. The summed E-state index contributed by atoms with van der Waals surface area (Å²) in [5.41, 5.74) is 2.16. The Morgan fingerprint density at radius 2 is 1.67 bits per heavy atom. The minimum atomic E-state index is -0.268. The molecule has 0 aliphatic rings. The molecule has 2 amide bonds. The molecule has 2 rings (SSSR count). The van der Waals surface area contributed by atoms with E-state index in [0.29, 0.717) is 11.3 Å². The molecule has 0 saturated heterocycles. The molecular weight excluding hydrogens is 269 g/mol. The molecule has 4 nitrogen and oxygen atoms in total. The molecule has 0 saturated carbocycles. The number of urea groups is 1. The lowest BCUT2D eigenvalue weighted by atomic mass is 10.1. The van der Waals surface area contributed by atoms with Crippen LogP contribution in [0, 0.1) is 5.82 Å². The van der Waals surface area contributed by atoms with Gasteiger partial charge in [0, 0.05) is 24.0 Å². The van der Waals surface area contributed by atoms with Crippen LogP contribution in [0.5, 0.6) is 0 Å². The second kappa shape index (κ2) is 6.74. The molecule has 0 radical (unpaired) electrons. The molecule has 0 aromatic heterocycles. The van der Waals surface area contributed by atoms with Crippen LogP contribution in [-0.2, 0) is 0 Å². The summed E-state index contributed by atoms with van der Waals surface area (Å²) in [7, 11) is 1.56. The summed E-state index contributed by atoms with van der Waals surface area (Å²) in [6.45, 7) is 1.90. The molecule has 21 heavy (non-hydrogen) atoms. The van der Waals surface area contributed by atoms with Crippen LogP contribution in [0.15, 0.2) is 48.5 Å². The number of hydrogen-bond donors (Lipinski definition) is 3. The maximum Gasteiger partial charge on any atom is 0.318 e. The van der Waals surface area contributed by atoms with Gasteiger partial charge in [-0.15, -0.1) is 0 Å². The minimum absolute atomic E-state index is 0.149. The van der Waals surface area contributed by atoms with E-state index in [0.717, 1.165) is 5.69 Å². The Kier molecular flexibility index (Phi) is 4.77. The van der Waals surface area contributed by atoms with Crippen LogP contribution in [0.2, 0.25) is 0 Å². The van der Waals surface area contributed by atoms with Gasteiger partial charge in [0.1, 0.15) is 5.82 Å². The van der Waals surface area contributed by atoms with E-state index in [9.17, 15) is 9.18 Å². The molecule has 0 aliphatic carbocycles. The standard InChI is InChI=1S/C16H18FN3O/c1-11(14-5-3-4-6-15(14)17)19-12-7-9-13(10-8-12)20-16(21)18-2/h3-11,19H,1-2H3,(H2,18,20,21). The SMILES string of the molecule is CNC(=O)Nc1ccc(NC(C)c2ccccc2F)cc1. The first-order valence-electron chi connectivity index (χ1n) is 6.70. The molecular formula is C16H18FN3O. The van der Waals surface area contributed by atoms with Gasteiger partial charge in [-0.05, 0) is 37.3 Å². The second-order valence-corrected chi connectivity index (χ2v) is 4.67. The van der Waals surface area contributed by atoms with Crippen molar-refractivity contribution in [2.75, 3.05) is 17.7 Å². The van der Waals surface area contributed by atoms with Gasteiger partial charge in [-0.25, -0.2) is 9.18 Å². The lowest BCUT2D eigenvalue weighted by Crippen LogP contribution is -2.24. The van der Waals surface area contributed by atoms with Crippen molar-refractivity contribution in [3.05, 3.63) is 59.9 Å². The first kappa shape index (κ1) is 14.8. The van der Waals surface area contributed by atoms with Crippen molar-refractivity contribution in [1.29, 1.82) is 0 Å². The van der Waals surface area contributed by atoms with E-state index in [2.05, 4.69) is 16.0 Å². The first-order valence-corrected chi connectivity index (χ1v) is 6.70. The van der Waals surface area contributed by atoms with Crippen LogP contribution in [0.4, 0.5) is 20.6 Å². The Bertz CT molecular complexity index is 613. The predicted molar refractivity (Wildman–Crippen MR) is 83.0 cm³/mol. The first-order chi connectivity index (χ1) is 10.1. The van der Waals surface area contributed by atoms with Crippen LogP contribution >= 0.6 is 0 Å². The molecule has 5 heteroatoms. The van der Waals surface area contributed by atoms with E-state index in [1.54, 1.807) is 31.3 Å². The number of hydrogen-bond acceptors (Lipinski definition) is 2. The Morgan fingerprint density at radius 1 is 1.05 bits per heavy atom. The summed E-state index contributed by atoms with van der Waals surface area (Å²) in [5, 5.41) is 8.38. The van der Waals surface area contributed by atoms with E-state index in [-0.39, 0.29) is 17.9 Å². The zero-order chi connectivity index (χ0) is 15.2. The molecule has 1 unspecified atom stereocenters. The van der Waals surface area contributed by atoms with Crippen LogP contribution in [0.25, 0.3) is 0 Å². The fourth-order valence-corrected chi connectivity index (χ4v) is 2.00. The largest absolute Gasteiger partial charge is 0.378 e. The Hall–Kier alpha value is -2.56. The van der Waals surface area contributed by atoms with Crippen LogP contribution in [0.1, 0.15) is 18.5 Å². The number of rotatable bonds is 4. The van der Waals surface area contributed by atoms with Gasteiger partial charge < -0.3 is 16.0 Å². The van der Waals surface area contributed by atoms with Gasteiger partial charge in [0.25, 0.3) is 0 Å². The highest BCUT2D eigenvalue weighted by molar-refractivity contribution is 5.89. The van der Waals surface area contributed by atoms with Crippen LogP contribution in [-0.4, -0.2) is 13.1 Å². The van der Waals surface area contributed by atoms with Crippen LogP contribution < -0.4 is 16.0 Å². The van der Waals surface area contributed by atoms with Crippen molar-refractivity contribution in [2.24, 2.45) is 0 Å². The second-order valence-electron chi connectivity index (χ2n) is 4.67. The van der Waals surface area contributed by atoms with Gasteiger partial charge in [-0.2, -0.15) is 0 Å². The summed E-state index contributed by atoms with van der Waals surface area (Å²) >= 11 is 0. The summed E-state index contributed by atoms with van der Waals surface area (Å²) in [5.74, 6) is -0.226. The number of carbonyl (C=O) groups is 1. The van der Waals surface area contributed by atoms with Gasteiger partial charge in [0.05, 0.1) is 6.04 Å². The summed E-state index contributed by atoms with van der Waals surface area (Å²) in [6.07, 6.45) is 0. The van der Waals surface area contributed by atoms with Crippen molar-refractivity contribution in [2.45, 2.75) is 13.0 Å².